The Morgan fingerprint density at radius 1 is 1.27 bits per heavy atom. The Morgan fingerprint density at radius 3 is 2.77 bits per heavy atom. The first-order chi connectivity index (χ1) is 10.5. The number of hydrogen-bond donors (Lipinski definition) is 1. The smallest absolute Gasteiger partial charge is 0.211 e. The maximum atomic E-state index is 11.6. The van der Waals surface area contributed by atoms with Crippen molar-refractivity contribution in [2.75, 3.05) is 19.3 Å². The zero-order valence-corrected chi connectivity index (χ0v) is 12.9. The van der Waals surface area contributed by atoms with E-state index in [9.17, 15) is 8.42 Å². The molecule has 1 saturated heterocycles. The van der Waals surface area contributed by atoms with Gasteiger partial charge in [-0.15, -0.1) is 0 Å². The highest BCUT2D eigenvalue weighted by atomic mass is 32.2. The molecule has 0 radical (unpaired) electrons. The highest BCUT2D eigenvalue weighted by Crippen LogP contribution is 2.29. The molecule has 0 saturated carbocycles. The minimum Gasteiger partial charge on any atom is -0.266 e. The van der Waals surface area contributed by atoms with Gasteiger partial charge in [-0.3, -0.25) is 4.68 Å². The van der Waals surface area contributed by atoms with Crippen molar-refractivity contribution < 1.29 is 8.42 Å². The fraction of sp³-hybridized carbons (Fsp3) is 0.462. The standard InChI is InChI=1S/C13H16N6O2S/c1-22(20,21)18-6-3-9(4-7-18)19-12-10-2-5-14-13(10)15-8-11(12)16-17-19/h2,5,8-9,17H,3-4,6-7H2,1H3. The van der Waals surface area contributed by atoms with Gasteiger partial charge < -0.3 is 0 Å². The van der Waals surface area contributed by atoms with Gasteiger partial charge in [0.05, 0.1) is 24.0 Å². The Bertz CT molecular complexity index is 936. The van der Waals surface area contributed by atoms with Crippen LogP contribution in [0.15, 0.2) is 18.5 Å². The minimum atomic E-state index is -3.11. The molecule has 1 N–H and O–H groups in total. The molecule has 3 aromatic heterocycles. The molecular weight excluding hydrogens is 304 g/mol. The van der Waals surface area contributed by atoms with Crippen molar-refractivity contribution in [2.24, 2.45) is 0 Å². The number of fused-ring (bicyclic) bond motifs is 3. The molecule has 8 nitrogen and oxygen atoms in total. The molecule has 0 aromatic carbocycles. The fourth-order valence-electron chi connectivity index (χ4n) is 3.12. The number of aromatic nitrogens is 5. The van der Waals surface area contributed by atoms with Crippen molar-refractivity contribution in [1.82, 2.24) is 29.3 Å². The molecule has 0 unspecified atom stereocenters. The van der Waals surface area contributed by atoms with Crippen LogP contribution in [0, 0.1) is 0 Å². The number of sulfonamides is 1. The van der Waals surface area contributed by atoms with Gasteiger partial charge in [-0.1, -0.05) is 0 Å². The van der Waals surface area contributed by atoms with Crippen LogP contribution in [-0.4, -0.2) is 57.0 Å². The molecule has 4 heterocycles. The first-order valence-electron chi connectivity index (χ1n) is 7.15. The monoisotopic (exact) mass is 320 g/mol. The Kier molecular flexibility index (Phi) is 2.95. The second kappa shape index (κ2) is 4.75. The molecule has 4 rings (SSSR count). The van der Waals surface area contributed by atoms with Crippen molar-refractivity contribution in [2.45, 2.75) is 18.9 Å². The lowest BCUT2D eigenvalue weighted by Crippen LogP contribution is -2.38. The van der Waals surface area contributed by atoms with Gasteiger partial charge >= 0.3 is 0 Å². The average Bonchev–Trinajstić information content (AvgIpc) is 3.12. The van der Waals surface area contributed by atoms with Crippen molar-refractivity contribution in [3.63, 3.8) is 0 Å². The van der Waals surface area contributed by atoms with Crippen LogP contribution in [0.2, 0.25) is 0 Å². The predicted octanol–water partition coefficient (Wildman–Crippen LogP) is 0.904. The third-order valence-corrected chi connectivity index (χ3v) is 5.57. The lowest BCUT2D eigenvalue weighted by atomic mass is 10.1. The van der Waals surface area contributed by atoms with Crippen LogP contribution in [0.4, 0.5) is 0 Å². The quantitative estimate of drug-likeness (QED) is 0.757. The molecule has 0 amide bonds. The van der Waals surface area contributed by atoms with Gasteiger partial charge in [-0.25, -0.2) is 27.9 Å². The maximum absolute atomic E-state index is 11.6. The van der Waals surface area contributed by atoms with Crippen LogP contribution < -0.4 is 0 Å². The number of aromatic amines is 1. The number of pyridine rings is 1. The van der Waals surface area contributed by atoms with E-state index in [4.69, 9.17) is 0 Å². The Hall–Kier alpha value is -2.00. The molecule has 0 bridgehead atoms. The molecule has 1 aliphatic rings. The molecule has 22 heavy (non-hydrogen) atoms. The van der Waals surface area contributed by atoms with Gasteiger partial charge in [0, 0.05) is 24.7 Å². The van der Waals surface area contributed by atoms with Crippen LogP contribution in [0.5, 0.6) is 0 Å². The van der Waals surface area contributed by atoms with E-state index in [-0.39, 0.29) is 6.04 Å². The summed E-state index contributed by atoms with van der Waals surface area (Å²) in [5.74, 6) is 0. The lowest BCUT2D eigenvalue weighted by molar-refractivity contribution is 0.264. The predicted molar refractivity (Wildman–Crippen MR) is 81.9 cm³/mol. The second-order valence-corrected chi connectivity index (χ2v) is 7.63. The molecular formula is C13H16N6O2S. The Labute approximate surface area is 127 Å². The van der Waals surface area contributed by atoms with Crippen LogP contribution >= 0.6 is 0 Å². The van der Waals surface area contributed by atoms with Gasteiger partial charge in [0.15, 0.2) is 5.65 Å². The Balaban J connectivity index is 1.72. The van der Waals surface area contributed by atoms with Crippen LogP contribution in [0.25, 0.3) is 22.1 Å². The Morgan fingerprint density at radius 2 is 2.05 bits per heavy atom. The van der Waals surface area contributed by atoms with E-state index >= 15 is 0 Å². The summed E-state index contributed by atoms with van der Waals surface area (Å²) in [6, 6.07) is 2.13. The van der Waals surface area contributed by atoms with Gasteiger partial charge in [0.1, 0.15) is 5.52 Å². The van der Waals surface area contributed by atoms with E-state index in [1.807, 2.05) is 10.7 Å². The number of rotatable bonds is 2. The van der Waals surface area contributed by atoms with E-state index in [1.165, 1.54) is 10.6 Å². The SMILES string of the molecule is CS(=O)(=O)N1CCC(n2[nH]nc3cnc4nccc4c32)CC1. The van der Waals surface area contributed by atoms with Crippen LogP contribution in [0.1, 0.15) is 18.9 Å². The van der Waals surface area contributed by atoms with Crippen molar-refractivity contribution in [1.29, 1.82) is 0 Å². The first kappa shape index (κ1) is 13.6. The summed E-state index contributed by atoms with van der Waals surface area (Å²) in [5.41, 5.74) is 2.49. The summed E-state index contributed by atoms with van der Waals surface area (Å²) in [5, 5.41) is 8.33. The number of hydrogen-bond acceptors (Lipinski definition) is 5. The average molecular weight is 320 g/mol. The highest BCUT2D eigenvalue weighted by Gasteiger charge is 2.27. The molecule has 3 aromatic rings. The molecule has 0 atom stereocenters. The van der Waals surface area contributed by atoms with Gasteiger partial charge in [0.25, 0.3) is 0 Å². The van der Waals surface area contributed by atoms with Crippen molar-refractivity contribution >= 4 is 32.1 Å². The summed E-state index contributed by atoms with van der Waals surface area (Å²) in [4.78, 5) is 8.50. The van der Waals surface area contributed by atoms with E-state index in [2.05, 4.69) is 20.3 Å². The van der Waals surface area contributed by atoms with Crippen LogP contribution in [0.3, 0.4) is 0 Å². The summed E-state index contributed by atoms with van der Waals surface area (Å²) < 4.78 is 26.8. The van der Waals surface area contributed by atoms with Crippen molar-refractivity contribution in [3.8, 4) is 0 Å². The third-order valence-electron chi connectivity index (χ3n) is 4.26. The second-order valence-electron chi connectivity index (χ2n) is 5.65. The van der Waals surface area contributed by atoms with Gasteiger partial charge in [-0.05, 0) is 18.9 Å². The molecule has 0 spiro atoms. The van der Waals surface area contributed by atoms with E-state index in [1.54, 1.807) is 12.4 Å². The topological polar surface area (TPSA) is 96.8 Å². The van der Waals surface area contributed by atoms with Gasteiger partial charge in [0.2, 0.25) is 10.0 Å². The minimum absolute atomic E-state index is 0.198. The van der Waals surface area contributed by atoms with E-state index in [0.29, 0.717) is 18.7 Å². The van der Waals surface area contributed by atoms with E-state index < -0.39 is 10.0 Å². The maximum Gasteiger partial charge on any atom is 0.211 e. The first-order valence-corrected chi connectivity index (χ1v) is 9.00. The number of H-pyrrole nitrogens is 1. The fourth-order valence-corrected chi connectivity index (χ4v) is 4.00. The number of nitrogens with one attached hydrogen (secondary N) is 1. The molecule has 116 valence electrons. The lowest BCUT2D eigenvalue weighted by Gasteiger charge is -2.30. The normalized spacial score (nSPS) is 18.4. The molecule has 1 fully saturated rings. The van der Waals surface area contributed by atoms with E-state index in [0.717, 1.165) is 29.3 Å². The summed E-state index contributed by atoms with van der Waals surface area (Å²) in [6.45, 7) is 1.06. The summed E-state index contributed by atoms with van der Waals surface area (Å²) >= 11 is 0. The number of nitrogens with zero attached hydrogens (tertiary/aromatic N) is 5. The summed E-state index contributed by atoms with van der Waals surface area (Å²) in [6.07, 6.45) is 6.22. The third kappa shape index (κ3) is 2.08. The van der Waals surface area contributed by atoms with Gasteiger partial charge in [-0.2, -0.15) is 5.10 Å². The largest absolute Gasteiger partial charge is 0.266 e. The highest BCUT2D eigenvalue weighted by molar-refractivity contribution is 7.88. The zero-order valence-electron chi connectivity index (χ0n) is 12.1. The zero-order chi connectivity index (χ0) is 15.3. The molecule has 9 heteroatoms. The molecule has 0 aliphatic carbocycles. The molecule has 1 aliphatic heterocycles. The summed E-state index contributed by atoms with van der Waals surface area (Å²) in [7, 11) is -3.11. The number of piperidine rings is 1. The van der Waals surface area contributed by atoms with Crippen LogP contribution in [-0.2, 0) is 10.0 Å². The van der Waals surface area contributed by atoms with Crippen molar-refractivity contribution in [3.05, 3.63) is 18.5 Å².